The van der Waals surface area contributed by atoms with Crippen LogP contribution in [0.25, 0.3) is 0 Å². The van der Waals surface area contributed by atoms with Crippen LogP contribution in [0.1, 0.15) is 213 Å². The summed E-state index contributed by atoms with van der Waals surface area (Å²) in [5.74, 6) is -0.453. The van der Waals surface area contributed by atoms with Crippen molar-refractivity contribution in [1.82, 2.24) is 0 Å². The van der Waals surface area contributed by atoms with E-state index < -0.39 is 6.10 Å². The zero-order valence-electron chi connectivity index (χ0n) is 40.3. The van der Waals surface area contributed by atoms with Crippen LogP contribution in [0.15, 0.2) is 109 Å². The Hall–Kier alpha value is -3.44. The summed E-state index contributed by atoms with van der Waals surface area (Å²) in [6.07, 6.45) is 70.9. The Labute approximate surface area is 383 Å². The number of esters is 2. The maximum absolute atomic E-state index is 12.8. The van der Waals surface area contributed by atoms with Crippen LogP contribution in [-0.2, 0) is 23.8 Å². The third kappa shape index (κ3) is 49.2. The largest absolute Gasteiger partial charge is 0.462 e. The lowest BCUT2D eigenvalue weighted by Crippen LogP contribution is -2.30. The van der Waals surface area contributed by atoms with Crippen molar-refractivity contribution in [2.45, 2.75) is 219 Å². The second-order valence-corrected chi connectivity index (χ2v) is 16.3. The highest BCUT2D eigenvalue weighted by Gasteiger charge is 2.17. The Morgan fingerprint density at radius 3 is 1.18 bits per heavy atom. The average Bonchev–Trinajstić information content (AvgIpc) is 3.27. The third-order valence-electron chi connectivity index (χ3n) is 10.3. The van der Waals surface area contributed by atoms with Crippen molar-refractivity contribution in [3.8, 4) is 0 Å². The molecule has 0 aromatic carbocycles. The maximum Gasteiger partial charge on any atom is 0.306 e. The van der Waals surface area contributed by atoms with Crippen molar-refractivity contribution in [1.29, 1.82) is 0 Å². The fraction of sp³-hybridized carbons (Fsp3) is 0.649. The predicted molar refractivity (Wildman–Crippen MR) is 269 cm³/mol. The van der Waals surface area contributed by atoms with Crippen molar-refractivity contribution >= 4 is 11.9 Å². The normalized spacial score (nSPS) is 13.1. The molecule has 0 aliphatic carbocycles. The molecule has 1 unspecified atom stereocenters. The van der Waals surface area contributed by atoms with Crippen molar-refractivity contribution in [2.75, 3.05) is 19.8 Å². The van der Waals surface area contributed by atoms with Gasteiger partial charge >= 0.3 is 11.9 Å². The number of hydrogen-bond acceptors (Lipinski definition) is 5. The summed E-state index contributed by atoms with van der Waals surface area (Å²) in [5.41, 5.74) is 0. The van der Waals surface area contributed by atoms with Gasteiger partial charge in [0.1, 0.15) is 6.61 Å². The molecule has 0 N–H and O–H groups in total. The van der Waals surface area contributed by atoms with Gasteiger partial charge in [0.2, 0.25) is 0 Å². The minimum Gasteiger partial charge on any atom is -0.462 e. The van der Waals surface area contributed by atoms with E-state index in [0.29, 0.717) is 19.4 Å². The summed E-state index contributed by atoms with van der Waals surface area (Å²) in [7, 11) is 0. The van der Waals surface area contributed by atoms with Crippen LogP contribution in [0, 0.1) is 0 Å². The molecule has 0 aromatic heterocycles. The van der Waals surface area contributed by atoms with Gasteiger partial charge < -0.3 is 14.2 Å². The molecule has 62 heavy (non-hydrogen) atoms. The molecule has 0 spiro atoms. The van der Waals surface area contributed by atoms with Gasteiger partial charge in [-0.05, 0) is 116 Å². The van der Waals surface area contributed by atoms with E-state index in [0.717, 1.165) is 128 Å². The van der Waals surface area contributed by atoms with Crippen molar-refractivity contribution < 1.29 is 23.8 Å². The molecule has 0 heterocycles. The Kier molecular flexibility index (Phi) is 49.0. The van der Waals surface area contributed by atoms with Crippen LogP contribution < -0.4 is 0 Å². The van der Waals surface area contributed by atoms with E-state index in [1.165, 1.54) is 51.4 Å². The molecule has 0 saturated carbocycles. The van der Waals surface area contributed by atoms with Gasteiger partial charge in [-0.2, -0.15) is 0 Å². The summed E-state index contributed by atoms with van der Waals surface area (Å²) < 4.78 is 17.3. The number of carbonyl (C=O) groups is 2. The van der Waals surface area contributed by atoms with Crippen LogP contribution >= 0.6 is 0 Å². The van der Waals surface area contributed by atoms with Gasteiger partial charge in [-0.3, -0.25) is 9.59 Å². The van der Waals surface area contributed by atoms with Crippen LogP contribution in [0.2, 0.25) is 0 Å². The molecule has 0 fully saturated rings. The molecule has 1 atom stereocenters. The highest BCUT2D eigenvalue weighted by molar-refractivity contribution is 5.70. The first-order valence-corrected chi connectivity index (χ1v) is 25.4. The zero-order chi connectivity index (χ0) is 44.9. The summed E-state index contributed by atoms with van der Waals surface area (Å²) >= 11 is 0. The molecular formula is C57H94O5. The van der Waals surface area contributed by atoms with Crippen molar-refractivity contribution in [3.63, 3.8) is 0 Å². The third-order valence-corrected chi connectivity index (χ3v) is 10.3. The maximum atomic E-state index is 12.8. The summed E-state index contributed by atoms with van der Waals surface area (Å²) in [4.78, 5) is 25.4. The van der Waals surface area contributed by atoms with Crippen molar-refractivity contribution in [2.24, 2.45) is 0 Å². The molecule has 0 aliphatic heterocycles. The molecule has 0 amide bonds. The minimum atomic E-state index is -0.567. The monoisotopic (exact) mass is 859 g/mol. The highest BCUT2D eigenvalue weighted by atomic mass is 16.6. The lowest BCUT2D eigenvalue weighted by molar-refractivity contribution is -0.163. The predicted octanol–water partition coefficient (Wildman–Crippen LogP) is 17.2. The second kappa shape index (κ2) is 51.9. The van der Waals surface area contributed by atoms with Gasteiger partial charge in [0.05, 0.1) is 6.61 Å². The smallest absolute Gasteiger partial charge is 0.306 e. The van der Waals surface area contributed by atoms with Gasteiger partial charge in [0, 0.05) is 19.4 Å². The zero-order valence-corrected chi connectivity index (χ0v) is 40.3. The first kappa shape index (κ1) is 58.6. The first-order chi connectivity index (χ1) is 30.6. The quantitative estimate of drug-likeness (QED) is 0.0347. The number of carbonyl (C=O) groups excluding carboxylic acids is 2. The van der Waals surface area contributed by atoms with E-state index in [1.807, 2.05) is 0 Å². The number of unbranched alkanes of at least 4 members (excludes halogenated alkanes) is 16. The van der Waals surface area contributed by atoms with Gasteiger partial charge in [-0.15, -0.1) is 0 Å². The molecule has 0 aliphatic rings. The van der Waals surface area contributed by atoms with E-state index >= 15 is 0 Å². The van der Waals surface area contributed by atoms with Crippen LogP contribution in [-0.4, -0.2) is 37.9 Å². The summed E-state index contributed by atoms with van der Waals surface area (Å²) in [5, 5.41) is 0. The van der Waals surface area contributed by atoms with E-state index in [9.17, 15) is 9.59 Å². The minimum absolute atomic E-state index is 0.0550. The van der Waals surface area contributed by atoms with E-state index in [1.54, 1.807) is 0 Å². The van der Waals surface area contributed by atoms with Gasteiger partial charge in [0.25, 0.3) is 0 Å². The summed E-state index contributed by atoms with van der Waals surface area (Å²) in [6.45, 7) is 7.48. The topological polar surface area (TPSA) is 61.8 Å². The second-order valence-electron chi connectivity index (χ2n) is 16.3. The Balaban J connectivity index is 4.35. The molecular weight excluding hydrogens is 765 g/mol. The van der Waals surface area contributed by atoms with Crippen molar-refractivity contribution in [3.05, 3.63) is 109 Å². The number of hydrogen-bond donors (Lipinski definition) is 0. The highest BCUT2D eigenvalue weighted by Crippen LogP contribution is 2.12. The molecule has 0 bridgehead atoms. The Morgan fingerprint density at radius 2 is 0.726 bits per heavy atom. The standard InChI is InChI=1S/C57H94O5/c1-4-7-10-13-16-19-22-24-26-28-30-32-34-37-40-43-46-49-52-60-53-55(62-57(59)51-48-45-42-39-35-21-18-15-12-9-6-3)54-61-56(58)50-47-44-41-38-36-33-31-29-27-25-23-20-17-14-11-8-5-2/h7-8,10-11,15-20,24-27,30-33,55H,4-6,9,12-14,21-23,28-29,34-54H2,1-3H3/b10-7-,11-8-,18-15-,19-16-,20-17-,26-24-,27-25-,32-30-,33-31-. The molecule has 0 aromatic rings. The fourth-order valence-corrected chi connectivity index (χ4v) is 6.53. The molecule has 5 heteroatoms. The molecule has 5 nitrogen and oxygen atoms in total. The van der Waals surface area contributed by atoms with E-state index in [-0.39, 0.29) is 25.2 Å². The molecule has 0 rings (SSSR count). The Bertz CT molecular complexity index is 1250. The number of rotatable bonds is 45. The van der Waals surface area contributed by atoms with Crippen LogP contribution in [0.3, 0.4) is 0 Å². The lowest BCUT2D eigenvalue weighted by atomic mass is 10.1. The van der Waals surface area contributed by atoms with Gasteiger partial charge in [0.15, 0.2) is 6.10 Å². The van der Waals surface area contributed by atoms with Gasteiger partial charge in [-0.1, -0.05) is 194 Å². The fourth-order valence-electron chi connectivity index (χ4n) is 6.53. The number of ether oxygens (including phenoxy) is 3. The molecule has 0 radical (unpaired) electrons. The van der Waals surface area contributed by atoms with Crippen LogP contribution in [0.5, 0.6) is 0 Å². The SMILES string of the molecule is CC/C=C\C/C=C\C/C=C\C/C=C\CCCCCCCOCC(COC(=O)CCCCCC/C=C\C/C=C\C/C=C\C/C=C\CC)OC(=O)CCCCCCC/C=C\CCCC. The summed E-state index contributed by atoms with van der Waals surface area (Å²) in [6, 6.07) is 0. The van der Waals surface area contributed by atoms with Crippen LogP contribution in [0.4, 0.5) is 0 Å². The molecule has 352 valence electrons. The van der Waals surface area contributed by atoms with E-state index in [2.05, 4.69) is 130 Å². The molecule has 0 saturated heterocycles. The average molecular weight is 859 g/mol. The first-order valence-electron chi connectivity index (χ1n) is 25.4. The Morgan fingerprint density at radius 1 is 0.371 bits per heavy atom. The van der Waals surface area contributed by atoms with E-state index in [4.69, 9.17) is 14.2 Å². The van der Waals surface area contributed by atoms with Gasteiger partial charge in [-0.25, -0.2) is 0 Å². The lowest BCUT2D eigenvalue weighted by Gasteiger charge is -2.18. The number of allylic oxidation sites excluding steroid dienone is 18.